The third-order valence-corrected chi connectivity index (χ3v) is 3.63. The van der Waals surface area contributed by atoms with Crippen molar-refractivity contribution in [1.82, 2.24) is 10.2 Å². The first-order chi connectivity index (χ1) is 8.52. The molecule has 1 unspecified atom stereocenters. The summed E-state index contributed by atoms with van der Waals surface area (Å²) in [5.74, 6) is 0.708. The number of aliphatic hydroxyl groups excluding tert-OH is 1. The van der Waals surface area contributed by atoms with Crippen LogP contribution in [0.25, 0.3) is 0 Å². The van der Waals surface area contributed by atoms with E-state index in [1.54, 1.807) is 13.0 Å². The summed E-state index contributed by atoms with van der Waals surface area (Å²) in [6.07, 6.45) is 3.70. The normalized spacial score (nSPS) is 20.8. The average Bonchev–Trinajstić information content (AvgIpc) is 2.37. The van der Waals surface area contributed by atoms with Crippen molar-refractivity contribution in [2.45, 2.75) is 39.7 Å². The van der Waals surface area contributed by atoms with Gasteiger partial charge >= 0.3 is 0 Å². The van der Waals surface area contributed by atoms with Gasteiger partial charge < -0.3 is 15.3 Å². The Labute approximate surface area is 110 Å². The van der Waals surface area contributed by atoms with Crippen LogP contribution >= 0.6 is 0 Å². The van der Waals surface area contributed by atoms with Gasteiger partial charge in [-0.25, -0.2) is 0 Å². The highest BCUT2D eigenvalue weighted by atomic mass is 16.3. The minimum Gasteiger partial charge on any atom is -0.390 e. The molecular formula is C14H26N2O2. The van der Waals surface area contributed by atoms with Crippen LogP contribution in [0.2, 0.25) is 0 Å². The molecule has 0 aromatic carbocycles. The summed E-state index contributed by atoms with van der Waals surface area (Å²) < 4.78 is 0. The summed E-state index contributed by atoms with van der Waals surface area (Å²) in [6.45, 7) is 8.97. The monoisotopic (exact) mass is 254 g/mol. The second-order valence-electron chi connectivity index (χ2n) is 5.32. The van der Waals surface area contributed by atoms with E-state index in [-0.39, 0.29) is 5.91 Å². The first kappa shape index (κ1) is 15.2. The van der Waals surface area contributed by atoms with Crippen LogP contribution in [0, 0.1) is 5.92 Å². The van der Waals surface area contributed by atoms with Crippen molar-refractivity contribution in [2.75, 3.05) is 26.2 Å². The van der Waals surface area contributed by atoms with Crippen LogP contribution in [0.3, 0.4) is 0 Å². The highest BCUT2D eigenvalue weighted by molar-refractivity contribution is 5.92. The molecule has 0 aliphatic carbocycles. The highest BCUT2D eigenvalue weighted by Gasteiger charge is 2.18. The molecule has 4 heteroatoms. The number of aliphatic hydroxyl groups is 1. The number of hydrogen-bond donors (Lipinski definition) is 2. The number of piperidine rings is 1. The summed E-state index contributed by atoms with van der Waals surface area (Å²) in [6, 6.07) is 0. The molecule has 0 bridgehead atoms. The number of β-amino-alcohol motifs (C(OH)–C–C–N with tert-alkyl or cyclic N) is 1. The summed E-state index contributed by atoms with van der Waals surface area (Å²) in [7, 11) is 0. The van der Waals surface area contributed by atoms with E-state index in [1.165, 1.54) is 12.8 Å². The molecule has 0 saturated carbocycles. The molecule has 1 fully saturated rings. The molecule has 0 aromatic heterocycles. The minimum atomic E-state index is -0.480. The molecular weight excluding hydrogens is 228 g/mol. The Balaban J connectivity index is 2.21. The largest absolute Gasteiger partial charge is 0.390 e. The molecule has 0 aromatic rings. The van der Waals surface area contributed by atoms with Crippen molar-refractivity contribution in [3.8, 4) is 0 Å². The molecule has 4 nitrogen and oxygen atoms in total. The zero-order valence-corrected chi connectivity index (χ0v) is 11.8. The summed E-state index contributed by atoms with van der Waals surface area (Å²) in [5, 5.41) is 12.6. The molecule has 0 spiro atoms. The molecule has 2 N–H and O–H groups in total. The van der Waals surface area contributed by atoms with Crippen LogP contribution < -0.4 is 5.32 Å². The van der Waals surface area contributed by atoms with Gasteiger partial charge in [0, 0.05) is 18.7 Å². The van der Waals surface area contributed by atoms with Crippen molar-refractivity contribution >= 4 is 5.91 Å². The number of allylic oxidation sites excluding steroid dienone is 1. The van der Waals surface area contributed by atoms with Gasteiger partial charge in [0.05, 0.1) is 6.10 Å². The van der Waals surface area contributed by atoms with E-state index in [2.05, 4.69) is 17.1 Å². The Morgan fingerprint density at radius 1 is 1.50 bits per heavy atom. The molecule has 1 amide bonds. The van der Waals surface area contributed by atoms with Gasteiger partial charge in [-0.2, -0.15) is 0 Å². The van der Waals surface area contributed by atoms with E-state index in [1.807, 2.05) is 6.92 Å². The lowest BCUT2D eigenvalue weighted by Crippen LogP contribution is -2.43. The first-order valence-electron chi connectivity index (χ1n) is 6.84. The number of likely N-dealkylation sites (tertiary alicyclic amines) is 1. The lowest BCUT2D eigenvalue weighted by Gasteiger charge is -2.31. The second-order valence-corrected chi connectivity index (χ2v) is 5.32. The van der Waals surface area contributed by atoms with Crippen molar-refractivity contribution in [1.29, 1.82) is 0 Å². The topological polar surface area (TPSA) is 52.6 Å². The maximum absolute atomic E-state index is 11.5. The zero-order valence-electron chi connectivity index (χ0n) is 11.8. The number of carbonyl (C=O) groups is 1. The number of carbonyl (C=O) groups excluding carboxylic acids is 1. The minimum absolute atomic E-state index is 0.0937. The zero-order chi connectivity index (χ0) is 13.5. The molecule has 1 aliphatic heterocycles. The Morgan fingerprint density at radius 3 is 2.67 bits per heavy atom. The van der Waals surface area contributed by atoms with Gasteiger partial charge in [-0.1, -0.05) is 13.0 Å². The molecule has 0 radical (unpaired) electrons. The van der Waals surface area contributed by atoms with Crippen molar-refractivity contribution in [3.05, 3.63) is 11.6 Å². The van der Waals surface area contributed by atoms with E-state index in [0.29, 0.717) is 18.7 Å². The van der Waals surface area contributed by atoms with E-state index < -0.39 is 6.10 Å². The number of rotatable bonds is 5. The predicted molar refractivity (Wildman–Crippen MR) is 73.3 cm³/mol. The third-order valence-electron chi connectivity index (χ3n) is 3.63. The lowest BCUT2D eigenvalue weighted by atomic mass is 9.99. The molecule has 1 aliphatic rings. The van der Waals surface area contributed by atoms with E-state index >= 15 is 0 Å². The molecule has 1 heterocycles. The Hall–Kier alpha value is -0.870. The van der Waals surface area contributed by atoms with Crippen LogP contribution in [-0.2, 0) is 4.79 Å². The maximum atomic E-state index is 11.5. The predicted octanol–water partition coefficient (Wildman–Crippen LogP) is 1.16. The van der Waals surface area contributed by atoms with E-state index in [4.69, 9.17) is 0 Å². The Kier molecular flexibility index (Phi) is 6.36. The summed E-state index contributed by atoms with van der Waals surface area (Å²) in [5.41, 5.74) is 0.689. The van der Waals surface area contributed by atoms with Crippen molar-refractivity contribution in [2.24, 2.45) is 5.92 Å². The highest BCUT2D eigenvalue weighted by Crippen LogP contribution is 2.15. The SMILES string of the molecule is C/C=C(/C)C(=O)NCC(O)CN1CCC(C)CC1. The van der Waals surface area contributed by atoms with Crippen LogP contribution in [0.1, 0.15) is 33.6 Å². The maximum Gasteiger partial charge on any atom is 0.246 e. The number of nitrogens with one attached hydrogen (secondary N) is 1. The second kappa shape index (κ2) is 7.54. The fourth-order valence-corrected chi connectivity index (χ4v) is 2.09. The van der Waals surface area contributed by atoms with E-state index in [0.717, 1.165) is 19.0 Å². The molecule has 104 valence electrons. The van der Waals surface area contributed by atoms with Crippen LogP contribution in [0.5, 0.6) is 0 Å². The van der Waals surface area contributed by atoms with Crippen LogP contribution in [-0.4, -0.2) is 48.2 Å². The average molecular weight is 254 g/mol. The van der Waals surface area contributed by atoms with Crippen LogP contribution in [0.4, 0.5) is 0 Å². The van der Waals surface area contributed by atoms with Crippen LogP contribution in [0.15, 0.2) is 11.6 Å². The molecule has 1 rings (SSSR count). The van der Waals surface area contributed by atoms with Gasteiger partial charge in [0.15, 0.2) is 0 Å². The van der Waals surface area contributed by atoms with Gasteiger partial charge in [-0.3, -0.25) is 4.79 Å². The smallest absolute Gasteiger partial charge is 0.246 e. The number of nitrogens with zero attached hydrogens (tertiary/aromatic N) is 1. The standard InChI is InChI=1S/C14H26N2O2/c1-4-12(3)14(18)15-9-13(17)10-16-7-5-11(2)6-8-16/h4,11,13,17H,5-10H2,1-3H3,(H,15,18)/b12-4-. The fourth-order valence-electron chi connectivity index (χ4n) is 2.09. The fraction of sp³-hybridized carbons (Fsp3) is 0.786. The Bertz CT molecular complexity index is 294. The van der Waals surface area contributed by atoms with Gasteiger partial charge in [0.2, 0.25) is 5.91 Å². The molecule has 1 saturated heterocycles. The quantitative estimate of drug-likeness (QED) is 0.724. The summed E-state index contributed by atoms with van der Waals surface area (Å²) >= 11 is 0. The van der Waals surface area contributed by atoms with Crippen molar-refractivity contribution in [3.63, 3.8) is 0 Å². The lowest BCUT2D eigenvalue weighted by molar-refractivity contribution is -0.118. The van der Waals surface area contributed by atoms with Gasteiger partial charge in [-0.15, -0.1) is 0 Å². The van der Waals surface area contributed by atoms with Gasteiger partial charge in [0.25, 0.3) is 0 Å². The summed E-state index contributed by atoms with van der Waals surface area (Å²) in [4.78, 5) is 13.8. The number of amides is 1. The molecule has 1 atom stereocenters. The number of hydrogen-bond acceptors (Lipinski definition) is 3. The Morgan fingerprint density at radius 2 is 2.11 bits per heavy atom. The molecule has 18 heavy (non-hydrogen) atoms. The first-order valence-corrected chi connectivity index (χ1v) is 6.84. The van der Waals surface area contributed by atoms with E-state index in [9.17, 15) is 9.90 Å². The van der Waals surface area contributed by atoms with Gasteiger partial charge in [-0.05, 0) is 45.7 Å². The van der Waals surface area contributed by atoms with Gasteiger partial charge in [0.1, 0.15) is 0 Å². The third kappa shape index (κ3) is 5.19. The van der Waals surface area contributed by atoms with Crippen molar-refractivity contribution < 1.29 is 9.90 Å².